The van der Waals surface area contributed by atoms with Crippen molar-refractivity contribution in [2.75, 3.05) is 20.2 Å². The van der Waals surface area contributed by atoms with Gasteiger partial charge in [0.05, 0.1) is 13.0 Å². The van der Waals surface area contributed by atoms with Crippen LogP contribution in [0, 0.1) is 11.7 Å². The zero-order valence-electron chi connectivity index (χ0n) is 10.2. The number of carbonyl (C=O) groups is 1. The smallest absolute Gasteiger partial charge is 0.310 e. The lowest BCUT2D eigenvalue weighted by Gasteiger charge is -2.30. The molecule has 1 aliphatic rings. The number of benzene rings is 1. The lowest BCUT2D eigenvalue weighted by molar-refractivity contribution is -0.146. The topological polar surface area (TPSA) is 38.3 Å². The standard InChI is InChI=1S/C13H16FNO2.ClH/c1-17-13(16)12-8-15-7-6-11(12)9-2-4-10(14)5-3-9;/h2-5,11-12,15H,6-8H2,1H3;1H. The summed E-state index contributed by atoms with van der Waals surface area (Å²) < 4.78 is 17.7. The zero-order valence-corrected chi connectivity index (χ0v) is 11.0. The van der Waals surface area contributed by atoms with Gasteiger partial charge in [-0.25, -0.2) is 4.39 Å². The van der Waals surface area contributed by atoms with Gasteiger partial charge in [-0.15, -0.1) is 12.4 Å². The van der Waals surface area contributed by atoms with E-state index in [1.807, 2.05) is 0 Å². The number of ether oxygens (including phenoxy) is 1. The molecule has 0 saturated carbocycles. The van der Waals surface area contributed by atoms with Crippen LogP contribution in [0.25, 0.3) is 0 Å². The van der Waals surface area contributed by atoms with E-state index in [1.54, 1.807) is 12.1 Å². The molecular weight excluding hydrogens is 257 g/mol. The molecule has 1 N–H and O–H groups in total. The summed E-state index contributed by atoms with van der Waals surface area (Å²) in [6, 6.07) is 6.37. The summed E-state index contributed by atoms with van der Waals surface area (Å²) in [6.07, 6.45) is 0.866. The van der Waals surface area contributed by atoms with Crippen LogP contribution in [0.1, 0.15) is 17.9 Å². The van der Waals surface area contributed by atoms with Gasteiger partial charge in [-0.05, 0) is 36.6 Å². The third-order valence-electron chi connectivity index (χ3n) is 3.28. The van der Waals surface area contributed by atoms with Crippen LogP contribution >= 0.6 is 12.4 Å². The number of rotatable bonds is 2. The first-order valence-corrected chi connectivity index (χ1v) is 5.76. The van der Waals surface area contributed by atoms with E-state index in [4.69, 9.17) is 4.74 Å². The molecule has 2 unspecified atom stereocenters. The molecule has 0 spiro atoms. The summed E-state index contributed by atoms with van der Waals surface area (Å²) in [7, 11) is 1.40. The fraction of sp³-hybridized carbons (Fsp3) is 0.462. The second kappa shape index (κ2) is 6.71. The molecule has 1 aliphatic heterocycles. The first-order valence-electron chi connectivity index (χ1n) is 5.76. The number of nitrogens with one attached hydrogen (secondary N) is 1. The molecule has 2 atom stereocenters. The largest absolute Gasteiger partial charge is 0.469 e. The van der Waals surface area contributed by atoms with E-state index in [-0.39, 0.29) is 36.0 Å². The third-order valence-corrected chi connectivity index (χ3v) is 3.28. The molecule has 18 heavy (non-hydrogen) atoms. The van der Waals surface area contributed by atoms with Crippen LogP contribution in [0.2, 0.25) is 0 Å². The average Bonchev–Trinajstić information content (AvgIpc) is 2.39. The minimum atomic E-state index is -0.252. The Balaban J connectivity index is 0.00000162. The van der Waals surface area contributed by atoms with Crippen LogP contribution in [0.3, 0.4) is 0 Å². The van der Waals surface area contributed by atoms with Crippen molar-refractivity contribution < 1.29 is 13.9 Å². The normalized spacial score (nSPS) is 23.0. The predicted molar refractivity (Wildman–Crippen MR) is 69.4 cm³/mol. The van der Waals surface area contributed by atoms with Crippen molar-refractivity contribution >= 4 is 18.4 Å². The molecule has 0 aliphatic carbocycles. The summed E-state index contributed by atoms with van der Waals surface area (Å²) in [5.41, 5.74) is 1.00. The molecule has 0 amide bonds. The highest BCUT2D eigenvalue weighted by atomic mass is 35.5. The van der Waals surface area contributed by atoms with Crippen LogP contribution in [-0.2, 0) is 9.53 Å². The van der Waals surface area contributed by atoms with Crippen molar-refractivity contribution in [1.29, 1.82) is 0 Å². The van der Waals surface area contributed by atoms with Gasteiger partial charge < -0.3 is 10.1 Å². The van der Waals surface area contributed by atoms with E-state index >= 15 is 0 Å². The highest BCUT2D eigenvalue weighted by Gasteiger charge is 2.32. The highest BCUT2D eigenvalue weighted by molar-refractivity contribution is 5.85. The molecule has 2 rings (SSSR count). The predicted octanol–water partition coefficient (Wildman–Crippen LogP) is 2.11. The van der Waals surface area contributed by atoms with E-state index in [0.717, 1.165) is 18.5 Å². The van der Waals surface area contributed by atoms with E-state index < -0.39 is 0 Å². The SMILES string of the molecule is COC(=O)C1CNCCC1c1ccc(F)cc1.Cl. The van der Waals surface area contributed by atoms with Crippen LogP contribution in [0.5, 0.6) is 0 Å². The first-order chi connectivity index (χ1) is 8.22. The maximum absolute atomic E-state index is 12.9. The van der Waals surface area contributed by atoms with Crippen molar-refractivity contribution in [3.63, 3.8) is 0 Å². The molecule has 3 nitrogen and oxygen atoms in total. The summed E-state index contributed by atoms with van der Waals surface area (Å²) in [5.74, 6) is -0.521. The van der Waals surface area contributed by atoms with Crippen LogP contribution in [0.4, 0.5) is 4.39 Å². The van der Waals surface area contributed by atoms with E-state index in [2.05, 4.69) is 5.32 Å². The fourth-order valence-corrected chi connectivity index (χ4v) is 2.37. The maximum Gasteiger partial charge on any atom is 0.310 e. The van der Waals surface area contributed by atoms with Gasteiger partial charge in [0.15, 0.2) is 0 Å². The minimum absolute atomic E-state index is 0. The minimum Gasteiger partial charge on any atom is -0.469 e. The Morgan fingerprint density at radius 3 is 2.67 bits per heavy atom. The molecular formula is C13H17ClFNO2. The van der Waals surface area contributed by atoms with Gasteiger partial charge >= 0.3 is 5.97 Å². The Hall–Kier alpha value is -1.13. The number of carbonyl (C=O) groups excluding carboxylic acids is 1. The average molecular weight is 274 g/mol. The van der Waals surface area contributed by atoms with Gasteiger partial charge in [-0.1, -0.05) is 12.1 Å². The molecule has 1 heterocycles. The van der Waals surface area contributed by atoms with Gasteiger partial charge in [0.1, 0.15) is 5.82 Å². The molecule has 5 heteroatoms. The number of hydrogen-bond donors (Lipinski definition) is 1. The Morgan fingerprint density at radius 2 is 2.06 bits per heavy atom. The summed E-state index contributed by atoms with van der Waals surface area (Å²) in [5, 5.41) is 3.19. The fourth-order valence-electron chi connectivity index (χ4n) is 2.37. The number of halogens is 2. The number of methoxy groups -OCH3 is 1. The van der Waals surface area contributed by atoms with Crippen molar-refractivity contribution in [3.8, 4) is 0 Å². The molecule has 0 radical (unpaired) electrons. The summed E-state index contributed by atoms with van der Waals surface area (Å²) >= 11 is 0. The highest BCUT2D eigenvalue weighted by Crippen LogP contribution is 2.31. The first kappa shape index (κ1) is 14.9. The molecule has 0 aromatic heterocycles. The maximum atomic E-state index is 12.9. The monoisotopic (exact) mass is 273 g/mol. The van der Waals surface area contributed by atoms with Crippen LogP contribution in [0.15, 0.2) is 24.3 Å². The molecule has 1 fully saturated rings. The van der Waals surface area contributed by atoms with Gasteiger partial charge in [0, 0.05) is 6.54 Å². The van der Waals surface area contributed by atoms with Crippen LogP contribution < -0.4 is 5.32 Å². The number of hydrogen-bond acceptors (Lipinski definition) is 3. The summed E-state index contributed by atoms with van der Waals surface area (Å²) in [6.45, 7) is 1.49. The molecule has 1 saturated heterocycles. The van der Waals surface area contributed by atoms with Gasteiger partial charge in [0.25, 0.3) is 0 Å². The van der Waals surface area contributed by atoms with Crippen molar-refractivity contribution in [2.24, 2.45) is 5.92 Å². The van der Waals surface area contributed by atoms with Gasteiger partial charge in [0.2, 0.25) is 0 Å². The Bertz CT molecular complexity index is 396. The van der Waals surface area contributed by atoms with Crippen molar-refractivity contribution in [1.82, 2.24) is 5.32 Å². The van der Waals surface area contributed by atoms with E-state index in [0.29, 0.717) is 6.54 Å². The van der Waals surface area contributed by atoms with E-state index in [9.17, 15) is 9.18 Å². The Morgan fingerprint density at radius 1 is 1.39 bits per heavy atom. The second-order valence-corrected chi connectivity index (χ2v) is 4.28. The molecule has 1 aromatic carbocycles. The molecule has 0 bridgehead atoms. The quantitative estimate of drug-likeness (QED) is 0.839. The lowest BCUT2D eigenvalue weighted by atomic mass is 9.81. The van der Waals surface area contributed by atoms with Crippen molar-refractivity contribution in [3.05, 3.63) is 35.6 Å². The summed E-state index contributed by atoms with van der Waals surface area (Å²) in [4.78, 5) is 11.7. The van der Waals surface area contributed by atoms with Crippen molar-refractivity contribution in [2.45, 2.75) is 12.3 Å². The number of esters is 1. The third kappa shape index (κ3) is 3.21. The number of piperidine rings is 1. The molecule has 1 aromatic rings. The zero-order chi connectivity index (χ0) is 12.3. The lowest BCUT2D eigenvalue weighted by Crippen LogP contribution is -2.40. The van der Waals surface area contributed by atoms with E-state index in [1.165, 1.54) is 19.2 Å². The van der Waals surface area contributed by atoms with Gasteiger partial charge in [-0.3, -0.25) is 4.79 Å². The molecule has 100 valence electrons. The Labute approximate surface area is 112 Å². The second-order valence-electron chi connectivity index (χ2n) is 4.28. The Kier molecular flexibility index (Phi) is 5.56. The van der Waals surface area contributed by atoms with Crippen LogP contribution in [-0.4, -0.2) is 26.2 Å². The van der Waals surface area contributed by atoms with Gasteiger partial charge in [-0.2, -0.15) is 0 Å².